The lowest BCUT2D eigenvalue weighted by Crippen LogP contribution is -2.47. The molecule has 0 spiro atoms. The van der Waals surface area contributed by atoms with E-state index in [1.165, 1.54) is 25.0 Å². The number of nitrogens with zero attached hydrogens (tertiary/aromatic N) is 5. The molecule has 0 saturated carbocycles. The number of aryl methyl sites for hydroxylation is 1. The maximum Gasteiger partial charge on any atom is 0.275 e. The Labute approximate surface area is 190 Å². The van der Waals surface area contributed by atoms with E-state index in [2.05, 4.69) is 14.9 Å². The monoisotopic (exact) mass is 458 g/mol. The van der Waals surface area contributed by atoms with Gasteiger partial charge in [-0.15, -0.1) is 0 Å². The smallest absolute Gasteiger partial charge is 0.275 e. The minimum Gasteiger partial charge on any atom is -0.492 e. The first-order valence-electron chi connectivity index (χ1n) is 11.4. The number of imidazole rings is 1. The highest BCUT2D eigenvalue weighted by Crippen LogP contribution is 2.29. The number of nitrogens with one attached hydrogen (secondary N) is 1. The number of H-pyrrole nitrogens is 1. The summed E-state index contributed by atoms with van der Waals surface area (Å²) in [6.07, 6.45) is 5.77. The molecule has 0 atom stereocenters. The van der Waals surface area contributed by atoms with Crippen LogP contribution in [-0.4, -0.2) is 71.7 Å². The van der Waals surface area contributed by atoms with E-state index in [1.807, 2.05) is 18.0 Å². The molecule has 2 aromatic heterocycles. The third-order valence-electron chi connectivity index (χ3n) is 6.51. The van der Waals surface area contributed by atoms with Gasteiger partial charge in [0, 0.05) is 44.9 Å². The van der Waals surface area contributed by atoms with Crippen LogP contribution in [0.5, 0.6) is 5.75 Å². The zero-order chi connectivity index (χ0) is 22.9. The number of ether oxygens (including phenoxy) is 1. The number of hydrogen-bond acceptors (Lipinski definition) is 6. The summed E-state index contributed by atoms with van der Waals surface area (Å²) in [6, 6.07) is 2.53. The highest BCUT2D eigenvalue weighted by Gasteiger charge is 2.24. The first kappa shape index (κ1) is 21.7. The van der Waals surface area contributed by atoms with Gasteiger partial charge < -0.3 is 19.5 Å². The van der Waals surface area contributed by atoms with Crippen molar-refractivity contribution in [1.82, 2.24) is 19.3 Å². The average molecular weight is 459 g/mol. The van der Waals surface area contributed by atoms with Crippen LogP contribution in [0.1, 0.15) is 18.7 Å². The van der Waals surface area contributed by atoms with E-state index in [4.69, 9.17) is 4.74 Å². The summed E-state index contributed by atoms with van der Waals surface area (Å²) in [4.78, 5) is 25.4. The molecule has 0 radical (unpaired) electrons. The maximum absolute atomic E-state index is 14.8. The number of benzene rings is 1. The van der Waals surface area contributed by atoms with E-state index < -0.39 is 11.6 Å². The predicted molar refractivity (Wildman–Crippen MR) is 123 cm³/mol. The number of piperazine rings is 1. The number of hydrogen-bond donors (Lipinski definition) is 1. The summed E-state index contributed by atoms with van der Waals surface area (Å²) in [5.41, 5.74) is 0.241. The Bertz CT molecular complexity index is 1170. The summed E-state index contributed by atoms with van der Waals surface area (Å²) in [5, 5.41) is 0. The maximum atomic E-state index is 14.8. The minimum absolute atomic E-state index is 0.0315. The lowest BCUT2D eigenvalue weighted by Gasteiger charge is -2.37. The Morgan fingerprint density at radius 2 is 1.70 bits per heavy atom. The van der Waals surface area contributed by atoms with E-state index >= 15 is 0 Å². The topological polar surface area (TPSA) is 69.1 Å². The van der Waals surface area contributed by atoms with Crippen molar-refractivity contribution in [3.05, 3.63) is 52.3 Å². The van der Waals surface area contributed by atoms with E-state index in [1.54, 1.807) is 15.5 Å². The van der Waals surface area contributed by atoms with Gasteiger partial charge in [0.05, 0.1) is 12.4 Å². The lowest BCUT2D eigenvalue weighted by atomic mass is 10.2. The molecular formula is C23H28F2N6O2. The summed E-state index contributed by atoms with van der Waals surface area (Å²) in [6.45, 7) is 7.00. The summed E-state index contributed by atoms with van der Waals surface area (Å²) in [7, 11) is 0. The number of rotatable bonds is 6. The molecule has 4 heterocycles. The van der Waals surface area contributed by atoms with Crippen LogP contribution in [0, 0.1) is 18.6 Å². The second kappa shape index (κ2) is 9.01. The molecule has 0 amide bonds. The van der Waals surface area contributed by atoms with Gasteiger partial charge in [0.1, 0.15) is 35.2 Å². The molecule has 2 aliphatic heterocycles. The molecule has 3 aromatic rings. The standard InChI is InChI=1S/C23H28F2N6O2/c1-16-26-14-20-23(32)27-21(15-31(16)20)29-6-8-30(9-7-29)22-18(24)12-17(13-19(22)25)33-11-10-28-4-2-3-5-28/h12-15H,2-11H2,1H3,(H,27,32). The molecule has 2 aliphatic rings. The quantitative estimate of drug-likeness (QED) is 0.612. The van der Waals surface area contributed by atoms with Crippen LogP contribution >= 0.6 is 0 Å². The largest absolute Gasteiger partial charge is 0.492 e. The van der Waals surface area contributed by atoms with Crippen molar-refractivity contribution in [2.24, 2.45) is 0 Å². The summed E-state index contributed by atoms with van der Waals surface area (Å²) >= 11 is 0. The fraction of sp³-hybridized carbons (Fsp3) is 0.478. The molecule has 2 fully saturated rings. The van der Waals surface area contributed by atoms with Crippen molar-refractivity contribution < 1.29 is 13.5 Å². The van der Waals surface area contributed by atoms with Gasteiger partial charge in [0.15, 0.2) is 11.6 Å². The molecular weight excluding hydrogens is 430 g/mol. The van der Waals surface area contributed by atoms with Gasteiger partial charge in [-0.05, 0) is 32.9 Å². The minimum atomic E-state index is -0.622. The first-order valence-corrected chi connectivity index (χ1v) is 11.4. The van der Waals surface area contributed by atoms with E-state index in [9.17, 15) is 13.6 Å². The number of fused-ring (bicyclic) bond motifs is 1. The number of aromatic nitrogens is 3. The molecule has 0 bridgehead atoms. The van der Waals surface area contributed by atoms with Crippen LogP contribution in [0.4, 0.5) is 20.3 Å². The van der Waals surface area contributed by atoms with E-state index in [-0.39, 0.29) is 17.0 Å². The molecule has 5 rings (SSSR count). The molecule has 10 heteroatoms. The van der Waals surface area contributed by atoms with Gasteiger partial charge in [-0.2, -0.15) is 0 Å². The van der Waals surface area contributed by atoms with Crippen molar-refractivity contribution in [2.75, 3.05) is 62.2 Å². The van der Waals surface area contributed by atoms with Crippen molar-refractivity contribution >= 4 is 17.0 Å². The molecule has 176 valence electrons. The molecule has 8 nitrogen and oxygen atoms in total. The molecule has 1 N–H and O–H groups in total. The van der Waals surface area contributed by atoms with Crippen LogP contribution in [0.2, 0.25) is 0 Å². The molecule has 0 unspecified atom stereocenters. The Morgan fingerprint density at radius 1 is 1.03 bits per heavy atom. The molecule has 2 saturated heterocycles. The van der Waals surface area contributed by atoms with Gasteiger partial charge >= 0.3 is 0 Å². The predicted octanol–water partition coefficient (Wildman–Crippen LogP) is 2.41. The van der Waals surface area contributed by atoms with Crippen molar-refractivity contribution in [3.63, 3.8) is 0 Å². The number of likely N-dealkylation sites (tertiary alicyclic amines) is 1. The zero-order valence-electron chi connectivity index (χ0n) is 18.7. The number of aromatic amines is 1. The Hall–Kier alpha value is -3.14. The van der Waals surface area contributed by atoms with E-state index in [0.717, 1.165) is 25.5 Å². The van der Waals surface area contributed by atoms with Crippen LogP contribution in [0.15, 0.2) is 29.3 Å². The lowest BCUT2D eigenvalue weighted by molar-refractivity contribution is 0.236. The second-order valence-electron chi connectivity index (χ2n) is 8.64. The Morgan fingerprint density at radius 3 is 2.39 bits per heavy atom. The SMILES string of the molecule is Cc1ncc2c(=O)[nH]c(N3CCN(c4c(F)cc(OCCN5CCCC5)cc4F)CC3)cn12. The third-order valence-corrected chi connectivity index (χ3v) is 6.51. The third kappa shape index (κ3) is 4.39. The average Bonchev–Trinajstić information content (AvgIpc) is 3.44. The number of anilines is 2. The molecule has 0 aliphatic carbocycles. The van der Waals surface area contributed by atoms with Gasteiger partial charge in [-0.1, -0.05) is 0 Å². The zero-order valence-corrected chi connectivity index (χ0v) is 18.7. The van der Waals surface area contributed by atoms with Crippen molar-refractivity contribution in [2.45, 2.75) is 19.8 Å². The summed E-state index contributed by atoms with van der Waals surface area (Å²) < 4.78 is 37.0. The number of halogens is 2. The van der Waals surface area contributed by atoms with Crippen molar-refractivity contribution in [3.8, 4) is 5.75 Å². The molecule has 33 heavy (non-hydrogen) atoms. The van der Waals surface area contributed by atoms with Crippen molar-refractivity contribution in [1.29, 1.82) is 0 Å². The highest BCUT2D eigenvalue weighted by atomic mass is 19.1. The van der Waals surface area contributed by atoms with Crippen LogP contribution in [0.3, 0.4) is 0 Å². The first-order chi connectivity index (χ1) is 16.0. The molecule has 1 aromatic carbocycles. The van der Waals surface area contributed by atoms with Crippen LogP contribution in [-0.2, 0) is 0 Å². The Kier molecular flexibility index (Phi) is 5.92. The van der Waals surface area contributed by atoms with Gasteiger partial charge in [0.2, 0.25) is 0 Å². The fourth-order valence-electron chi connectivity index (χ4n) is 4.68. The highest BCUT2D eigenvalue weighted by molar-refractivity contribution is 5.55. The fourth-order valence-corrected chi connectivity index (χ4v) is 4.68. The van der Waals surface area contributed by atoms with Gasteiger partial charge in [-0.3, -0.25) is 14.1 Å². The van der Waals surface area contributed by atoms with Gasteiger partial charge in [0.25, 0.3) is 5.56 Å². The van der Waals surface area contributed by atoms with Crippen LogP contribution in [0.25, 0.3) is 5.52 Å². The van der Waals surface area contributed by atoms with E-state index in [0.29, 0.717) is 44.1 Å². The van der Waals surface area contributed by atoms with Gasteiger partial charge in [-0.25, -0.2) is 13.8 Å². The Balaban J connectivity index is 1.24. The summed E-state index contributed by atoms with van der Waals surface area (Å²) in [5.74, 6) is 0.360. The van der Waals surface area contributed by atoms with Crippen LogP contribution < -0.4 is 20.1 Å². The second-order valence-corrected chi connectivity index (χ2v) is 8.64. The normalized spacial score (nSPS) is 17.3.